The van der Waals surface area contributed by atoms with E-state index < -0.39 is 0 Å². The summed E-state index contributed by atoms with van der Waals surface area (Å²) in [4.78, 5) is 17.4. The maximum Gasteiger partial charge on any atom is 0.225 e. The minimum absolute atomic E-state index is 0.00818. The van der Waals surface area contributed by atoms with Crippen LogP contribution >= 0.6 is 22.9 Å². The summed E-state index contributed by atoms with van der Waals surface area (Å²) in [6.07, 6.45) is 4.50. The van der Waals surface area contributed by atoms with Gasteiger partial charge in [0.05, 0.1) is 5.69 Å². The van der Waals surface area contributed by atoms with Crippen LogP contribution in [0.5, 0.6) is 0 Å². The highest BCUT2D eigenvalue weighted by Gasteiger charge is 2.13. The summed E-state index contributed by atoms with van der Waals surface area (Å²) < 4.78 is 0. The Labute approximate surface area is 140 Å². The first-order valence-electron chi connectivity index (χ1n) is 7.65. The van der Waals surface area contributed by atoms with Crippen molar-refractivity contribution in [3.05, 3.63) is 45.4 Å². The Morgan fingerprint density at radius 3 is 2.64 bits per heavy atom. The van der Waals surface area contributed by atoms with E-state index >= 15 is 0 Å². The lowest BCUT2D eigenvalue weighted by molar-refractivity contribution is -0.115. The summed E-state index contributed by atoms with van der Waals surface area (Å²) in [6.45, 7) is 4.01. The highest BCUT2D eigenvalue weighted by molar-refractivity contribution is 7.15. The lowest BCUT2D eigenvalue weighted by atomic mass is 10.1. The Balaban J connectivity index is 2.18. The van der Waals surface area contributed by atoms with Crippen molar-refractivity contribution in [1.29, 1.82) is 0 Å². The lowest BCUT2D eigenvalue weighted by Crippen LogP contribution is -2.09. The topological polar surface area (TPSA) is 42.0 Å². The number of carbonyl (C=O) groups is 1. The van der Waals surface area contributed by atoms with E-state index in [4.69, 9.17) is 11.6 Å². The van der Waals surface area contributed by atoms with Gasteiger partial charge in [0, 0.05) is 22.7 Å². The third kappa shape index (κ3) is 4.82. The number of thiazole rings is 1. The van der Waals surface area contributed by atoms with Gasteiger partial charge in [-0.15, -0.1) is 11.3 Å². The zero-order valence-corrected chi connectivity index (χ0v) is 14.6. The van der Waals surface area contributed by atoms with E-state index in [1.165, 1.54) is 10.4 Å². The Bertz CT molecular complexity index is 622. The van der Waals surface area contributed by atoms with Crippen LogP contribution < -0.4 is 5.32 Å². The SMILES string of the molecule is CCCCc1nc(NC(=O)CC)sc1Cc1ccc(Cl)cc1. The van der Waals surface area contributed by atoms with E-state index in [1.807, 2.05) is 31.2 Å². The molecule has 1 aromatic carbocycles. The van der Waals surface area contributed by atoms with Crippen molar-refractivity contribution in [3.63, 3.8) is 0 Å². The van der Waals surface area contributed by atoms with Crippen molar-refractivity contribution >= 4 is 34.0 Å². The number of aromatic nitrogens is 1. The van der Waals surface area contributed by atoms with E-state index in [0.29, 0.717) is 11.6 Å². The molecule has 0 saturated heterocycles. The number of amides is 1. The summed E-state index contributed by atoms with van der Waals surface area (Å²) in [5.41, 5.74) is 2.31. The molecular formula is C17H21ClN2OS. The van der Waals surface area contributed by atoms with Gasteiger partial charge in [-0.05, 0) is 30.5 Å². The maximum absolute atomic E-state index is 11.6. The number of hydrogen-bond acceptors (Lipinski definition) is 3. The second-order valence-electron chi connectivity index (χ2n) is 5.20. The summed E-state index contributed by atoms with van der Waals surface area (Å²) >= 11 is 7.51. The van der Waals surface area contributed by atoms with Crippen LogP contribution in [-0.4, -0.2) is 10.9 Å². The fourth-order valence-corrected chi connectivity index (χ4v) is 3.29. The Morgan fingerprint density at radius 2 is 2.00 bits per heavy atom. The zero-order valence-electron chi connectivity index (χ0n) is 13.0. The second-order valence-corrected chi connectivity index (χ2v) is 6.72. The molecular weight excluding hydrogens is 316 g/mol. The van der Waals surface area contributed by atoms with Crippen LogP contribution in [0.25, 0.3) is 0 Å². The van der Waals surface area contributed by atoms with Crippen LogP contribution in [0, 0.1) is 0 Å². The molecule has 1 aromatic heterocycles. The van der Waals surface area contributed by atoms with Crippen LogP contribution in [0.2, 0.25) is 5.02 Å². The molecule has 0 spiro atoms. The summed E-state index contributed by atoms with van der Waals surface area (Å²) in [5.74, 6) is 0.00818. The number of anilines is 1. The zero-order chi connectivity index (χ0) is 15.9. The monoisotopic (exact) mass is 336 g/mol. The largest absolute Gasteiger partial charge is 0.302 e. The number of carbonyl (C=O) groups excluding carboxylic acids is 1. The Morgan fingerprint density at radius 1 is 1.27 bits per heavy atom. The van der Waals surface area contributed by atoms with Crippen molar-refractivity contribution in [3.8, 4) is 0 Å². The van der Waals surface area contributed by atoms with Gasteiger partial charge in [0.1, 0.15) is 0 Å². The molecule has 0 unspecified atom stereocenters. The summed E-state index contributed by atoms with van der Waals surface area (Å²) in [6, 6.07) is 7.89. The van der Waals surface area contributed by atoms with Crippen molar-refractivity contribution < 1.29 is 4.79 Å². The minimum atomic E-state index is 0.00818. The molecule has 0 saturated carbocycles. The molecule has 118 valence electrons. The number of nitrogens with zero attached hydrogens (tertiary/aromatic N) is 1. The average Bonchev–Trinajstić information content (AvgIpc) is 2.88. The highest BCUT2D eigenvalue weighted by atomic mass is 35.5. The minimum Gasteiger partial charge on any atom is -0.302 e. The average molecular weight is 337 g/mol. The first kappa shape index (κ1) is 17.0. The van der Waals surface area contributed by atoms with Gasteiger partial charge in [-0.3, -0.25) is 4.79 Å². The molecule has 0 bridgehead atoms. The number of nitrogens with one attached hydrogen (secondary N) is 1. The van der Waals surface area contributed by atoms with E-state index in [1.54, 1.807) is 11.3 Å². The number of halogens is 1. The van der Waals surface area contributed by atoms with Crippen molar-refractivity contribution in [1.82, 2.24) is 4.98 Å². The van der Waals surface area contributed by atoms with Gasteiger partial charge in [-0.25, -0.2) is 4.98 Å². The van der Waals surface area contributed by atoms with E-state index in [9.17, 15) is 4.79 Å². The molecule has 1 N–H and O–H groups in total. The first-order chi connectivity index (χ1) is 10.6. The predicted molar refractivity (Wildman–Crippen MR) is 93.9 cm³/mol. The van der Waals surface area contributed by atoms with Gasteiger partial charge < -0.3 is 5.32 Å². The third-order valence-electron chi connectivity index (χ3n) is 3.39. The molecule has 0 radical (unpaired) electrons. The molecule has 1 amide bonds. The molecule has 3 nitrogen and oxygen atoms in total. The van der Waals surface area contributed by atoms with Gasteiger partial charge in [0.25, 0.3) is 0 Å². The number of rotatable bonds is 7. The normalized spacial score (nSPS) is 10.7. The number of benzene rings is 1. The van der Waals surface area contributed by atoms with Gasteiger partial charge in [0.15, 0.2) is 5.13 Å². The molecule has 5 heteroatoms. The third-order valence-corrected chi connectivity index (χ3v) is 4.66. The second kappa shape index (κ2) is 8.30. The molecule has 2 rings (SSSR count). The Hall–Kier alpha value is -1.39. The highest BCUT2D eigenvalue weighted by Crippen LogP contribution is 2.27. The van der Waals surface area contributed by atoms with Crippen molar-refractivity contribution in [2.24, 2.45) is 0 Å². The molecule has 0 aliphatic heterocycles. The maximum atomic E-state index is 11.6. The molecule has 1 heterocycles. The van der Waals surface area contributed by atoms with Crippen LogP contribution in [0.4, 0.5) is 5.13 Å². The van der Waals surface area contributed by atoms with Gasteiger partial charge >= 0.3 is 0 Å². The number of aryl methyl sites for hydroxylation is 1. The fraction of sp³-hybridized carbons (Fsp3) is 0.412. The number of unbranched alkanes of at least 4 members (excludes halogenated alkanes) is 1. The molecule has 2 aromatic rings. The van der Waals surface area contributed by atoms with Crippen LogP contribution in [0.15, 0.2) is 24.3 Å². The van der Waals surface area contributed by atoms with Gasteiger partial charge in [-0.1, -0.05) is 44.0 Å². The number of hydrogen-bond donors (Lipinski definition) is 1. The van der Waals surface area contributed by atoms with E-state index in [0.717, 1.165) is 36.4 Å². The Kier molecular flexibility index (Phi) is 6.40. The standard InChI is InChI=1S/C17H21ClN2OS/c1-3-5-6-14-15(11-12-7-9-13(18)10-8-12)22-17(19-14)20-16(21)4-2/h7-10H,3-6,11H2,1-2H3,(H,19,20,21). The molecule has 22 heavy (non-hydrogen) atoms. The molecule has 0 atom stereocenters. The van der Waals surface area contributed by atoms with Gasteiger partial charge in [-0.2, -0.15) is 0 Å². The fourth-order valence-electron chi connectivity index (χ4n) is 2.11. The lowest BCUT2D eigenvalue weighted by Gasteiger charge is -2.02. The van der Waals surface area contributed by atoms with Crippen LogP contribution in [0.1, 0.15) is 49.2 Å². The van der Waals surface area contributed by atoms with Gasteiger partial charge in [0.2, 0.25) is 5.91 Å². The smallest absolute Gasteiger partial charge is 0.225 e. The quantitative estimate of drug-likeness (QED) is 0.766. The van der Waals surface area contributed by atoms with Crippen LogP contribution in [0.3, 0.4) is 0 Å². The van der Waals surface area contributed by atoms with E-state index in [-0.39, 0.29) is 5.91 Å². The molecule has 0 aliphatic carbocycles. The molecule has 0 aliphatic rings. The van der Waals surface area contributed by atoms with Crippen molar-refractivity contribution in [2.45, 2.75) is 46.0 Å². The first-order valence-corrected chi connectivity index (χ1v) is 8.84. The summed E-state index contributed by atoms with van der Waals surface area (Å²) in [7, 11) is 0. The van der Waals surface area contributed by atoms with Crippen molar-refractivity contribution in [2.75, 3.05) is 5.32 Å². The summed E-state index contributed by atoms with van der Waals surface area (Å²) in [5, 5.41) is 4.33. The molecule has 0 fully saturated rings. The van der Waals surface area contributed by atoms with Crippen LogP contribution in [-0.2, 0) is 17.6 Å². The predicted octanol–water partition coefficient (Wildman–Crippen LogP) is 5.08. The van der Waals surface area contributed by atoms with E-state index in [2.05, 4.69) is 17.2 Å².